The second-order valence-electron chi connectivity index (χ2n) is 5.06. The molecule has 2 aliphatic rings. The Bertz CT molecular complexity index is 344. The van der Waals surface area contributed by atoms with E-state index in [9.17, 15) is 9.59 Å². The Balaban J connectivity index is 1.91. The smallest absolute Gasteiger partial charge is 0.325 e. The highest BCUT2D eigenvalue weighted by Crippen LogP contribution is 2.30. The van der Waals surface area contributed by atoms with Gasteiger partial charge in [-0.25, -0.2) is 0 Å². The van der Waals surface area contributed by atoms with Crippen LogP contribution in [-0.2, 0) is 19.1 Å². The van der Waals surface area contributed by atoms with Gasteiger partial charge >= 0.3 is 5.97 Å². The fourth-order valence-corrected chi connectivity index (χ4v) is 2.36. The van der Waals surface area contributed by atoms with Crippen LogP contribution in [0.25, 0.3) is 0 Å². The molecule has 2 N–H and O–H groups in total. The molecule has 0 spiro atoms. The zero-order valence-electron chi connectivity index (χ0n) is 11.3. The SMILES string of the molecule is CCOC(=O)CN(C(=O)C1CCC(CN)O1)C1CC1. The van der Waals surface area contributed by atoms with Crippen molar-refractivity contribution in [1.82, 2.24) is 4.90 Å². The van der Waals surface area contributed by atoms with Gasteiger partial charge in [0.2, 0.25) is 0 Å². The van der Waals surface area contributed by atoms with E-state index in [1.54, 1.807) is 11.8 Å². The molecule has 2 rings (SSSR count). The maximum Gasteiger partial charge on any atom is 0.325 e. The minimum absolute atomic E-state index is 0.0300. The van der Waals surface area contributed by atoms with Crippen molar-refractivity contribution in [2.45, 2.75) is 50.9 Å². The lowest BCUT2D eigenvalue weighted by atomic mass is 10.2. The van der Waals surface area contributed by atoms with Gasteiger partial charge in [-0.1, -0.05) is 0 Å². The summed E-state index contributed by atoms with van der Waals surface area (Å²) in [6.07, 6.45) is 2.94. The summed E-state index contributed by atoms with van der Waals surface area (Å²) in [7, 11) is 0. The van der Waals surface area contributed by atoms with Crippen molar-refractivity contribution < 1.29 is 19.1 Å². The Morgan fingerprint density at radius 1 is 1.32 bits per heavy atom. The van der Waals surface area contributed by atoms with Crippen LogP contribution in [0, 0.1) is 0 Å². The molecule has 1 aliphatic carbocycles. The fraction of sp³-hybridized carbons (Fsp3) is 0.846. The van der Waals surface area contributed by atoms with Crippen LogP contribution in [0.2, 0.25) is 0 Å². The molecule has 2 unspecified atom stereocenters. The van der Waals surface area contributed by atoms with Gasteiger partial charge in [-0.2, -0.15) is 0 Å². The van der Waals surface area contributed by atoms with E-state index in [2.05, 4.69) is 0 Å². The maximum absolute atomic E-state index is 12.4. The normalized spacial score (nSPS) is 26.2. The zero-order valence-corrected chi connectivity index (χ0v) is 11.3. The molecule has 0 radical (unpaired) electrons. The van der Waals surface area contributed by atoms with Crippen molar-refractivity contribution >= 4 is 11.9 Å². The first-order valence-electron chi connectivity index (χ1n) is 6.97. The number of nitrogens with zero attached hydrogens (tertiary/aromatic N) is 1. The summed E-state index contributed by atoms with van der Waals surface area (Å²) < 4.78 is 10.5. The average Bonchev–Trinajstić information content (AvgIpc) is 3.12. The van der Waals surface area contributed by atoms with Crippen molar-refractivity contribution in [1.29, 1.82) is 0 Å². The van der Waals surface area contributed by atoms with Crippen LogP contribution in [0.5, 0.6) is 0 Å². The Morgan fingerprint density at radius 3 is 2.58 bits per heavy atom. The highest BCUT2D eigenvalue weighted by atomic mass is 16.5. The molecular weight excluding hydrogens is 248 g/mol. The molecule has 2 fully saturated rings. The van der Waals surface area contributed by atoms with Crippen LogP contribution in [0.15, 0.2) is 0 Å². The van der Waals surface area contributed by atoms with Crippen LogP contribution in [0.1, 0.15) is 32.6 Å². The Hall–Kier alpha value is -1.14. The lowest BCUT2D eigenvalue weighted by molar-refractivity contribution is -0.153. The molecule has 108 valence electrons. The first-order valence-corrected chi connectivity index (χ1v) is 6.97. The number of esters is 1. The zero-order chi connectivity index (χ0) is 13.8. The van der Waals surface area contributed by atoms with Gasteiger partial charge < -0.3 is 20.1 Å². The molecule has 0 bridgehead atoms. The second kappa shape index (κ2) is 6.34. The molecule has 19 heavy (non-hydrogen) atoms. The quantitative estimate of drug-likeness (QED) is 0.689. The van der Waals surface area contributed by atoms with Crippen molar-refractivity contribution in [2.75, 3.05) is 19.7 Å². The highest BCUT2D eigenvalue weighted by Gasteiger charge is 2.40. The third kappa shape index (κ3) is 3.67. The second-order valence-corrected chi connectivity index (χ2v) is 5.06. The highest BCUT2D eigenvalue weighted by molar-refractivity contribution is 5.86. The molecular formula is C13H22N2O4. The van der Waals surface area contributed by atoms with Crippen LogP contribution in [0.3, 0.4) is 0 Å². The molecule has 1 heterocycles. The number of ether oxygens (including phenoxy) is 2. The van der Waals surface area contributed by atoms with Crippen molar-refractivity contribution in [3.05, 3.63) is 0 Å². The van der Waals surface area contributed by atoms with Crippen LogP contribution < -0.4 is 5.73 Å². The number of rotatable bonds is 6. The molecule has 6 heteroatoms. The summed E-state index contributed by atoms with van der Waals surface area (Å²) in [6.45, 7) is 2.56. The minimum atomic E-state index is -0.441. The largest absolute Gasteiger partial charge is 0.465 e. The van der Waals surface area contributed by atoms with E-state index in [0.29, 0.717) is 19.6 Å². The van der Waals surface area contributed by atoms with E-state index < -0.39 is 6.10 Å². The van der Waals surface area contributed by atoms with Gasteiger partial charge in [0.05, 0.1) is 12.7 Å². The summed E-state index contributed by atoms with van der Waals surface area (Å²) in [6, 6.07) is 0.178. The first kappa shape index (κ1) is 14.3. The minimum Gasteiger partial charge on any atom is -0.465 e. The van der Waals surface area contributed by atoms with Gasteiger partial charge in [0.25, 0.3) is 5.91 Å². The Labute approximate surface area is 113 Å². The Kier molecular flexibility index (Phi) is 4.76. The lowest BCUT2D eigenvalue weighted by Crippen LogP contribution is -2.44. The van der Waals surface area contributed by atoms with E-state index in [1.165, 1.54) is 0 Å². The average molecular weight is 270 g/mol. The molecule has 0 aromatic carbocycles. The van der Waals surface area contributed by atoms with Gasteiger partial charge in [-0.05, 0) is 32.6 Å². The van der Waals surface area contributed by atoms with Crippen molar-refractivity contribution in [3.63, 3.8) is 0 Å². The third-order valence-corrected chi connectivity index (χ3v) is 3.52. The molecule has 1 aliphatic heterocycles. The van der Waals surface area contributed by atoms with Crippen LogP contribution in [-0.4, -0.2) is 54.7 Å². The van der Waals surface area contributed by atoms with E-state index in [1.807, 2.05) is 0 Å². The number of carbonyl (C=O) groups is 2. The van der Waals surface area contributed by atoms with Crippen molar-refractivity contribution in [3.8, 4) is 0 Å². The van der Waals surface area contributed by atoms with Gasteiger partial charge in [0.15, 0.2) is 0 Å². The van der Waals surface area contributed by atoms with E-state index >= 15 is 0 Å². The van der Waals surface area contributed by atoms with E-state index in [-0.39, 0.29) is 30.6 Å². The number of carbonyl (C=O) groups excluding carboxylic acids is 2. The predicted octanol–water partition coefficient (Wildman–Crippen LogP) is 0.0468. The van der Waals surface area contributed by atoms with Gasteiger partial charge in [0.1, 0.15) is 12.6 Å². The summed E-state index contributed by atoms with van der Waals surface area (Å²) in [5, 5.41) is 0. The molecule has 0 aromatic rings. The monoisotopic (exact) mass is 270 g/mol. The number of nitrogens with two attached hydrogens (primary N) is 1. The third-order valence-electron chi connectivity index (χ3n) is 3.52. The van der Waals surface area contributed by atoms with Crippen molar-refractivity contribution in [2.24, 2.45) is 5.73 Å². The Morgan fingerprint density at radius 2 is 2.05 bits per heavy atom. The van der Waals surface area contributed by atoms with E-state index in [4.69, 9.17) is 15.2 Å². The standard InChI is InChI=1S/C13H22N2O4/c1-2-18-12(16)8-15(9-3-4-9)13(17)11-6-5-10(7-14)19-11/h9-11H,2-8,14H2,1H3. The fourth-order valence-electron chi connectivity index (χ4n) is 2.36. The molecule has 1 saturated carbocycles. The molecule has 0 aromatic heterocycles. The van der Waals surface area contributed by atoms with Gasteiger partial charge in [-0.15, -0.1) is 0 Å². The molecule has 1 amide bonds. The summed E-state index contributed by atoms with van der Waals surface area (Å²) in [5.74, 6) is -0.442. The summed E-state index contributed by atoms with van der Waals surface area (Å²) >= 11 is 0. The van der Waals surface area contributed by atoms with Gasteiger partial charge in [0, 0.05) is 12.6 Å². The maximum atomic E-state index is 12.4. The summed E-state index contributed by atoms with van der Waals surface area (Å²) in [5.41, 5.74) is 5.54. The summed E-state index contributed by atoms with van der Waals surface area (Å²) in [4.78, 5) is 25.5. The topological polar surface area (TPSA) is 81.9 Å². The molecule has 1 saturated heterocycles. The number of amides is 1. The predicted molar refractivity (Wildman–Crippen MR) is 68.3 cm³/mol. The van der Waals surface area contributed by atoms with Gasteiger partial charge in [-0.3, -0.25) is 9.59 Å². The first-order chi connectivity index (χ1) is 9.15. The lowest BCUT2D eigenvalue weighted by Gasteiger charge is -2.24. The van der Waals surface area contributed by atoms with E-state index in [0.717, 1.165) is 19.3 Å². The number of hydrogen-bond acceptors (Lipinski definition) is 5. The number of hydrogen-bond donors (Lipinski definition) is 1. The van der Waals surface area contributed by atoms with Crippen LogP contribution >= 0.6 is 0 Å². The van der Waals surface area contributed by atoms with Crippen LogP contribution in [0.4, 0.5) is 0 Å². The molecule has 2 atom stereocenters. The molecule has 6 nitrogen and oxygen atoms in total.